The Labute approximate surface area is 122 Å². The van der Waals surface area contributed by atoms with Crippen LogP contribution in [0.4, 0.5) is 0 Å². The molecular weight excluding hydrogens is 276 g/mol. The zero-order valence-electron chi connectivity index (χ0n) is 13.0. The monoisotopic (exact) mass is 302 g/mol. The molecule has 0 aliphatic heterocycles. The Kier molecular flexibility index (Phi) is 6.23. The smallest absolute Gasteiger partial charge is 0.216 e. The van der Waals surface area contributed by atoms with Crippen molar-refractivity contribution in [2.24, 2.45) is 0 Å². The van der Waals surface area contributed by atoms with Crippen molar-refractivity contribution in [2.75, 3.05) is 13.1 Å². The molecule has 0 spiro atoms. The van der Waals surface area contributed by atoms with Crippen LogP contribution < -0.4 is 10.0 Å². The van der Waals surface area contributed by atoms with E-state index in [1.807, 2.05) is 26.8 Å². The van der Waals surface area contributed by atoms with E-state index in [2.05, 4.69) is 17.0 Å². The molecule has 0 aliphatic rings. The predicted octanol–water partition coefficient (Wildman–Crippen LogP) is 2.26. The number of aryl methyl sites for hydroxylation is 2. The van der Waals surface area contributed by atoms with Crippen LogP contribution in [0.2, 0.25) is 0 Å². The standard InChI is InChI=1S/C14H26N2O3S/c1-6-7-15-9-11(3)20(17,18)16-12(4)14-8-10(2)19-13(14)5/h8,11-12,15-16H,6-7,9H2,1-5H3. The third kappa shape index (κ3) is 4.61. The van der Waals surface area contributed by atoms with Gasteiger partial charge in [-0.25, -0.2) is 13.1 Å². The molecule has 6 heteroatoms. The fourth-order valence-electron chi connectivity index (χ4n) is 2.10. The van der Waals surface area contributed by atoms with Crippen LogP contribution in [0.3, 0.4) is 0 Å². The van der Waals surface area contributed by atoms with Gasteiger partial charge in [0.05, 0.1) is 5.25 Å². The second kappa shape index (κ2) is 7.24. The topological polar surface area (TPSA) is 71.3 Å². The fraction of sp³-hybridized carbons (Fsp3) is 0.714. The zero-order chi connectivity index (χ0) is 15.3. The number of hydrogen-bond acceptors (Lipinski definition) is 4. The molecule has 0 aromatic carbocycles. The van der Waals surface area contributed by atoms with Gasteiger partial charge in [0.1, 0.15) is 11.5 Å². The summed E-state index contributed by atoms with van der Waals surface area (Å²) in [7, 11) is -3.35. The molecule has 0 saturated heterocycles. The highest BCUT2D eigenvalue weighted by molar-refractivity contribution is 7.90. The maximum absolute atomic E-state index is 12.2. The third-order valence-corrected chi connectivity index (χ3v) is 5.18. The summed E-state index contributed by atoms with van der Waals surface area (Å²) < 4.78 is 32.7. The summed E-state index contributed by atoms with van der Waals surface area (Å²) in [4.78, 5) is 0. The number of furan rings is 1. The van der Waals surface area contributed by atoms with Gasteiger partial charge in [-0.3, -0.25) is 0 Å². The molecule has 5 nitrogen and oxygen atoms in total. The Morgan fingerprint density at radius 1 is 1.30 bits per heavy atom. The Morgan fingerprint density at radius 3 is 2.45 bits per heavy atom. The molecule has 0 fully saturated rings. The van der Waals surface area contributed by atoms with Gasteiger partial charge >= 0.3 is 0 Å². The largest absolute Gasteiger partial charge is 0.466 e. The highest BCUT2D eigenvalue weighted by Crippen LogP contribution is 2.22. The van der Waals surface area contributed by atoms with E-state index >= 15 is 0 Å². The van der Waals surface area contributed by atoms with Crippen molar-refractivity contribution >= 4 is 10.0 Å². The van der Waals surface area contributed by atoms with Crippen LogP contribution in [-0.4, -0.2) is 26.8 Å². The van der Waals surface area contributed by atoms with Crippen molar-refractivity contribution in [2.45, 2.75) is 52.3 Å². The van der Waals surface area contributed by atoms with Gasteiger partial charge in [-0.1, -0.05) is 6.92 Å². The van der Waals surface area contributed by atoms with Gasteiger partial charge in [0.25, 0.3) is 0 Å². The lowest BCUT2D eigenvalue weighted by Crippen LogP contribution is -2.40. The van der Waals surface area contributed by atoms with Crippen molar-refractivity contribution in [3.63, 3.8) is 0 Å². The first kappa shape index (κ1) is 17.2. The van der Waals surface area contributed by atoms with Crippen molar-refractivity contribution in [1.82, 2.24) is 10.0 Å². The molecule has 2 unspecified atom stereocenters. The summed E-state index contributed by atoms with van der Waals surface area (Å²) in [6, 6.07) is 1.59. The molecule has 1 heterocycles. The summed E-state index contributed by atoms with van der Waals surface area (Å²) in [6.45, 7) is 10.6. The lowest BCUT2D eigenvalue weighted by molar-refractivity contribution is 0.495. The van der Waals surface area contributed by atoms with E-state index in [1.165, 1.54) is 0 Å². The Hall–Kier alpha value is -0.850. The van der Waals surface area contributed by atoms with E-state index in [0.717, 1.165) is 30.0 Å². The summed E-state index contributed by atoms with van der Waals surface area (Å²) in [5, 5.41) is 2.66. The predicted molar refractivity (Wildman–Crippen MR) is 81.3 cm³/mol. The van der Waals surface area contributed by atoms with Gasteiger partial charge in [-0.05, 0) is 46.7 Å². The van der Waals surface area contributed by atoms with E-state index in [1.54, 1.807) is 6.92 Å². The van der Waals surface area contributed by atoms with Crippen molar-refractivity contribution < 1.29 is 12.8 Å². The number of rotatable bonds is 8. The molecule has 20 heavy (non-hydrogen) atoms. The van der Waals surface area contributed by atoms with E-state index in [-0.39, 0.29) is 6.04 Å². The van der Waals surface area contributed by atoms with Gasteiger partial charge in [0.2, 0.25) is 10.0 Å². The first-order chi connectivity index (χ1) is 9.27. The fourth-order valence-corrected chi connectivity index (χ4v) is 3.29. The molecule has 0 saturated carbocycles. The number of hydrogen-bond donors (Lipinski definition) is 2. The maximum Gasteiger partial charge on any atom is 0.216 e. The zero-order valence-corrected chi connectivity index (χ0v) is 13.8. The van der Waals surface area contributed by atoms with E-state index < -0.39 is 15.3 Å². The van der Waals surface area contributed by atoms with Crippen LogP contribution in [0.15, 0.2) is 10.5 Å². The Morgan fingerprint density at radius 2 is 1.95 bits per heavy atom. The first-order valence-electron chi connectivity index (χ1n) is 7.06. The van der Waals surface area contributed by atoms with Crippen LogP contribution in [0, 0.1) is 13.8 Å². The number of nitrogens with one attached hydrogen (secondary N) is 2. The molecule has 0 radical (unpaired) electrons. The minimum Gasteiger partial charge on any atom is -0.466 e. The minimum atomic E-state index is -3.35. The average Bonchev–Trinajstić information content (AvgIpc) is 2.68. The third-order valence-electron chi connectivity index (χ3n) is 3.28. The Bertz CT molecular complexity index is 523. The lowest BCUT2D eigenvalue weighted by Gasteiger charge is -2.18. The van der Waals surface area contributed by atoms with E-state index in [0.29, 0.717) is 6.54 Å². The number of sulfonamides is 1. The summed E-state index contributed by atoms with van der Waals surface area (Å²) in [5.74, 6) is 1.55. The van der Waals surface area contributed by atoms with E-state index in [4.69, 9.17) is 4.42 Å². The normalized spacial score (nSPS) is 15.2. The second-order valence-electron chi connectivity index (χ2n) is 5.27. The quantitative estimate of drug-likeness (QED) is 0.723. The first-order valence-corrected chi connectivity index (χ1v) is 8.61. The SMILES string of the molecule is CCCNCC(C)S(=O)(=O)NC(C)c1cc(C)oc1C. The van der Waals surface area contributed by atoms with Crippen LogP contribution in [0.25, 0.3) is 0 Å². The maximum atomic E-state index is 12.2. The van der Waals surface area contributed by atoms with Crippen LogP contribution in [0.5, 0.6) is 0 Å². The van der Waals surface area contributed by atoms with E-state index in [9.17, 15) is 8.42 Å². The van der Waals surface area contributed by atoms with Gasteiger partial charge < -0.3 is 9.73 Å². The van der Waals surface area contributed by atoms with Crippen molar-refractivity contribution in [1.29, 1.82) is 0 Å². The highest BCUT2D eigenvalue weighted by atomic mass is 32.2. The second-order valence-corrected chi connectivity index (χ2v) is 7.40. The van der Waals surface area contributed by atoms with Gasteiger partial charge in [-0.2, -0.15) is 0 Å². The molecule has 1 aromatic heterocycles. The molecule has 0 amide bonds. The minimum absolute atomic E-state index is 0.286. The molecule has 0 bridgehead atoms. The molecule has 2 atom stereocenters. The van der Waals surface area contributed by atoms with Crippen molar-refractivity contribution in [3.8, 4) is 0 Å². The lowest BCUT2D eigenvalue weighted by atomic mass is 10.1. The molecule has 1 rings (SSSR count). The summed E-state index contributed by atoms with van der Waals surface area (Å²) in [6.07, 6.45) is 0.990. The molecule has 2 N–H and O–H groups in total. The molecule has 1 aromatic rings. The van der Waals surface area contributed by atoms with Gasteiger partial charge in [0.15, 0.2) is 0 Å². The van der Waals surface area contributed by atoms with Crippen LogP contribution >= 0.6 is 0 Å². The van der Waals surface area contributed by atoms with Crippen molar-refractivity contribution in [3.05, 3.63) is 23.2 Å². The Balaban J connectivity index is 2.68. The summed E-state index contributed by atoms with van der Waals surface area (Å²) in [5.41, 5.74) is 0.889. The highest BCUT2D eigenvalue weighted by Gasteiger charge is 2.24. The molecular formula is C14H26N2O3S. The molecule has 0 aliphatic carbocycles. The average molecular weight is 302 g/mol. The van der Waals surface area contributed by atoms with Crippen LogP contribution in [-0.2, 0) is 10.0 Å². The molecule has 116 valence electrons. The summed E-state index contributed by atoms with van der Waals surface area (Å²) >= 11 is 0. The van der Waals surface area contributed by atoms with Gasteiger partial charge in [0, 0.05) is 18.2 Å². The van der Waals surface area contributed by atoms with Crippen LogP contribution in [0.1, 0.15) is 50.3 Å². The van der Waals surface area contributed by atoms with Gasteiger partial charge in [-0.15, -0.1) is 0 Å².